The SMILES string of the molecule is O=C1c2ccc3ccccc3c2-c2c1cc(Cl)c1ccccc21. The molecule has 4 aromatic carbocycles. The molecule has 0 unspecified atom stereocenters. The van der Waals surface area contributed by atoms with Crippen LogP contribution >= 0.6 is 11.6 Å². The first-order chi connectivity index (χ1) is 11.3. The Morgan fingerprint density at radius 3 is 2.13 bits per heavy atom. The minimum atomic E-state index is 0.0633. The molecule has 0 aromatic heterocycles. The van der Waals surface area contributed by atoms with Gasteiger partial charge in [0.15, 0.2) is 5.78 Å². The van der Waals surface area contributed by atoms with E-state index < -0.39 is 0 Å². The first-order valence-electron chi connectivity index (χ1n) is 7.54. The summed E-state index contributed by atoms with van der Waals surface area (Å²) in [7, 11) is 0. The van der Waals surface area contributed by atoms with E-state index in [1.807, 2.05) is 54.6 Å². The summed E-state index contributed by atoms with van der Waals surface area (Å²) >= 11 is 6.41. The summed E-state index contributed by atoms with van der Waals surface area (Å²) in [5.41, 5.74) is 3.53. The van der Waals surface area contributed by atoms with Crippen molar-refractivity contribution in [3.63, 3.8) is 0 Å². The zero-order chi connectivity index (χ0) is 15.6. The van der Waals surface area contributed by atoms with Gasteiger partial charge in [0.05, 0.1) is 0 Å². The quantitative estimate of drug-likeness (QED) is 0.350. The maximum atomic E-state index is 12.9. The van der Waals surface area contributed by atoms with Gasteiger partial charge in [-0.15, -0.1) is 0 Å². The first kappa shape index (κ1) is 12.9. The molecule has 0 N–H and O–H groups in total. The van der Waals surface area contributed by atoms with Crippen LogP contribution in [0.25, 0.3) is 32.7 Å². The Morgan fingerprint density at radius 2 is 1.30 bits per heavy atom. The molecule has 108 valence electrons. The molecule has 1 aliphatic carbocycles. The fourth-order valence-electron chi connectivity index (χ4n) is 3.65. The van der Waals surface area contributed by atoms with Crippen LogP contribution in [0.3, 0.4) is 0 Å². The molecule has 1 aliphatic rings. The van der Waals surface area contributed by atoms with E-state index in [1.165, 1.54) is 0 Å². The lowest BCUT2D eigenvalue weighted by Gasteiger charge is -2.10. The van der Waals surface area contributed by atoms with Gasteiger partial charge in [-0.05, 0) is 28.3 Å². The average molecular weight is 315 g/mol. The van der Waals surface area contributed by atoms with E-state index in [0.29, 0.717) is 10.6 Å². The van der Waals surface area contributed by atoms with Gasteiger partial charge in [0, 0.05) is 32.7 Å². The number of hydrogen-bond acceptors (Lipinski definition) is 1. The highest BCUT2D eigenvalue weighted by atomic mass is 35.5. The van der Waals surface area contributed by atoms with E-state index in [9.17, 15) is 4.79 Å². The number of benzene rings is 4. The van der Waals surface area contributed by atoms with Gasteiger partial charge >= 0.3 is 0 Å². The Bertz CT molecular complexity index is 1140. The second kappa shape index (κ2) is 4.43. The lowest BCUT2D eigenvalue weighted by Crippen LogP contribution is -1.95. The minimum absolute atomic E-state index is 0.0633. The van der Waals surface area contributed by atoms with Crippen LogP contribution in [0.15, 0.2) is 66.7 Å². The van der Waals surface area contributed by atoms with Crippen molar-refractivity contribution in [1.29, 1.82) is 0 Å². The Morgan fingerprint density at radius 1 is 0.652 bits per heavy atom. The molecule has 0 atom stereocenters. The van der Waals surface area contributed by atoms with Crippen molar-refractivity contribution in [2.24, 2.45) is 0 Å². The van der Waals surface area contributed by atoms with Gasteiger partial charge < -0.3 is 0 Å². The van der Waals surface area contributed by atoms with Gasteiger partial charge in [-0.1, -0.05) is 66.2 Å². The van der Waals surface area contributed by atoms with Crippen molar-refractivity contribution in [2.45, 2.75) is 0 Å². The Hall–Kier alpha value is -2.64. The molecule has 1 nitrogen and oxygen atoms in total. The predicted molar refractivity (Wildman–Crippen MR) is 95.3 cm³/mol. The summed E-state index contributed by atoms with van der Waals surface area (Å²) in [4.78, 5) is 12.9. The van der Waals surface area contributed by atoms with Crippen LogP contribution in [-0.4, -0.2) is 5.78 Å². The van der Waals surface area contributed by atoms with E-state index in [-0.39, 0.29) is 5.78 Å². The topological polar surface area (TPSA) is 17.1 Å². The second-order valence-corrected chi connectivity index (χ2v) is 6.27. The van der Waals surface area contributed by atoms with Gasteiger partial charge in [-0.2, -0.15) is 0 Å². The van der Waals surface area contributed by atoms with E-state index >= 15 is 0 Å². The number of carbonyl (C=O) groups is 1. The highest BCUT2D eigenvalue weighted by Crippen LogP contribution is 2.46. The molecule has 0 heterocycles. The van der Waals surface area contributed by atoms with Crippen LogP contribution in [-0.2, 0) is 0 Å². The number of halogens is 1. The van der Waals surface area contributed by atoms with Crippen molar-refractivity contribution in [3.05, 3.63) is 82.9 Å². The largest absolute Gasteiger partial charge is 0.289 e. The highest BCUT2D eigenvalue weighted by Gasteiger charge is 2.30. The average Bonchev–Trinajstić information content (AvgIpc) is 2.88. The first-order valence-corrected chi connectivity index (χ1v) is 7.91. The standard InChI is InChI=1S/C21H11ClO/c22-18-11-17-20(15-8-4-3-7-14(15)18)19-13-6-2-1-5-12(13)9-10-16(19)21(17)23/h1-11H. The number of fused-ring (bicyclic) bond motifs is 7. The van der Waals surface area contributed by atoms with Gasteiger partial charge in [-0.25, -0.2) is 0 Å². The van der Waals surface area contributed by atoms with Gasteiger partial charge in [0.2, 0.25) is 0 Å². The molecule has 0 saturated carbocycles. The summed E-state index contributed by atoms with van der Waals surface area (Å²) in [6.45, 7) is 0. The van der Waals surface area contributed by atoms with Crippen LogP contribution < -0.4 is 0 Å². The van der Waals surface area contributed by atoms with Crippen LogP contribution in [0.5, 0.6) is 0 Å². The van der Waals surface area contributed by atoms with Crippen LogP contribution in [0.4, 0.5) is 0 Å². The predicted octanol–water partition coefficient (Wildman–Crippen LogP) is 5.86. The summed E-state index contributed by atoms with van der Waals surface area (Å²) in [6, 6.07) is 22.0. The fourth-order valence-corrected chi connectivity index (χ4v) is 3.93. The third-order valence-corrected chi connectivity index (χ3v) is 4.98. The summed E-state index contributed by atoms with van der Waals surface area (Å²) in [5.74, 6) is 0.0633. The number of hydrogen-bond donors (Lipinski definition) is 0. The van der Waals surface area contributed by atoms with E-state index in [1.54, 1.807) is 0 Å². The molecule has 0 fully saturated rings. The number of rotatable bonds is 0. The van der Waals surface area contributed by atoms with E-state index in [4.69, 9.17) is 11.6 Å². The van der Waals surface area contributed by atoms with E-state index in [0.717, 1.165) is 38.2 Å². The minimum Gasteiger partial charge on any atom is -0.289 e. The van der Waals surface area contributed by atoms with Gasteiger partial charge in [0.25, 0.3) is 0 Å². The molecule has 0 spiro atoms. The monoisotopic (exact) mass is 314 g/mol. The van der Waals surface area contributed by atoms with Crippen molar-refractivity contribution >= 4 is 38.9 Å². The lowest BCUT2D eigenvalue weighted by atomic mass is 9.94. The second-order valence-electron chi connectivity index (χ2n) is 5.86. The molecular weight excluding hydrogens is 304 g/mol. The van der Waals surface area contributed by atoms with Gasteiger partial charge in [-0.3, -0.25) is 4.79 Å². The molecule has 0 aliphatic heterocycles. The van der Waals surface area contributed by atoms with Crippen LogP contribution in [0.2, 0.25) is 5.02 Å². The normalized spacial score (nSPS) is 12.7. The molecule has 5 rings (SSSR count). The fraction of sp³-hybridized carbons (Fsp3) is 0. The molecule has 0 radical (unpaired) electrons. The number of carbonyl (C=O) groups excluding carboxylic acids is 1. The van der Waals surface area contributed by atoms with Crippen molar-refractivity contribution in [1.82, 2.24) is 0 Å². The summed E-state index contributed by atoms with van der Waals surface area (Å²) in [6.07, 6.45) is 0. The maximum absolute atomic E-state index is 12.9. The summed E-state index contributed by atoms with van der Waals surface area (Å²) < 4.78 is 0. The van der Waals surface area contributed by atoms with E-state index in [2.05, 4.69) is 12.1 Å². The molecule has 4 aromatic rings. The summed E-state index contributed by atoms with van der Waals surface area (Å²) in [5, 5.41) is 4.92. The molecule has 2 heteroatoms. The zero-order valence-electron chi connectivity index (χ0n) is 12.1. The van der Waals surface area contributed by atoms with Crippen LogP contribution in [0.1, 0.15) is 15.9 Å². The highest BCUT2D eigenvalue weighted by molar-refractivity contribution is 6.39. The Balaban J connectivity index is 2.06. The van der Waals surface area contributed by atoms with Crippen molar-refractivity contribution in [2.75, 3.05) is 0 Å². The molecule has 23 heavy (non-hydrogen) atoms. The number of ketones is 1. The van der Waals surface area contributed by atoms with Crippen molar-refractivity contribution < 1.29 is 4.79 Å². The van der Waals surface area contributed by atoms with Gasteiger partial charge in [0.1, 0.15) is 0 Å². The maximum Gasteiger partial charge on any atom is 0.194 e. The third kappa shape index (κ3) is 1.60. The Labute approximate surface area is 138 Å². The molecule has 0 bridgehead atoms. The molecule has 0 amide bonds. The smallest absolute Gasteiger partial charge is 0.194 e. The lowest BCUT2D eigenvalue weighted by molar-refractivity contribution is 0.104. The molecular formula is C21H11ClO. The zero-order valence-corrected chi connectivity index (χ0v) is 12.9. The van der Waals surface area contributed by atoms with Crippen molar-refractivity contribution in [3.8, 4) is 11.1 Å². The Kier molecular flexibility index (Phi) is 2.48. The molecule has 0 saturated heterocycles. The van der Waals surface area contributed by atoms with Crippen LogP contribution in [0, 0.1) is 0 Å². The third-order valence-electron chi connectivity index (χ3n) is 4.66.